The number of aromatic nitrogens is 2. The van der Waals surface area contributed by atoms with Crippen LogP contribution in [0.5, 0.6) is 5.75 Å². The Labute approximate surface area is 209 Å². The first-order chi connectivity index (χ1) is 17.3. The number of hydrogen-bond donors (Lipinski definition) is 1. The quantitative estimate of drug-likeness (QED) is 0.623. The third-order valence-electron chi connectivity index (χ3n) is 8.03. The molecule has 3 aliphatic heterocycles. The molecule has 1 N–H and O–H groups in total. The zero-order valence-electron chi connectivity index (χ0n) is 20.8. The summed E-state index contributed by atoms with van der Waals surface area (Å²) in [5, 5.41) is 7.43. The summed E-state index contributed by atoms with van der Waals surface area (Å²) in [4.78, 5) is 31.6. The summed E-state index contributed by atoms with van der Waals surface area (Å²) in [7, 11) is 1.47. The van der Waals surface area contributed by atoms with E-state index in [1.165, 1.54) is 13.2 Å². The smallest absolute Gasteiger partial charge is 0.333 e. The van der Waals surface area contributed by atoms with Crippen molar-refractivity contribution in [3.63, 3.8) is 0 Å². The highest BCUT2D eigenvalue weighted by molar-refractivity contribution is 6.05. The zero-order chi connectivity index (χ0) is 25.4. The highest BCUT2D eigenvalue weighted by Crippen LogP contribution is 2.36. The number of piperazine rings is 1. The van der Waals surface area contributed by atoms with E-state index in [9.17, 15) is 18.4 Å². The van der Waals surface area contributed by atoms with Crippen molar-refractivity contribution in [2.24, 2.45) is 0 Å². The van der Waals surface area contributed by atoms with Crippen molar-refractivity contribution < 1.29 is 23.1 Å². The average Bonchev–Trinajstić information content (AvgIpc) is 3.36. The fourth-order valence-electron chi connectivity index (χ4n) is 6.11. The normalized spacial score (nSPS) is 25.0. The molecule has 196 valence electrons. The van der Waals surface area contributed by atoms with E-state index in [1.807, 2.05) is 4.90 Å². The Kier molecular flexibility index (Phi) is 7.11. The number of carbonyl (C=O) groups excluding carboxylic acids is 2. The van der Waals surface area contributed by atoms with Crippen LogP contribution >= 0.6 is 0 Å². The van der Waals surface area contributed by atoms with Gasteiger partial charge in [0.1, 0.15) is 5.75 Å². The molecular formula is C25H34F2N6O3. The minimum Gasteiger partial charge on any atom is -0.497 e. The van der Waals surface area contributed by atoms with E-state index in [4.69, 9.17) is 4.74 Å². The SMILES string of the molecule is COc1ccc2c(C(=O)NC3CC4CCC(C3)N4CCN3CCN(C(C)=O)CC3)nn(C(F)F)c2c1. The van der Waals surface area contributed by atoms with E-state index < -0.39 is 12.5 Å². The lowest BCUT2D eigenvalue weighted by atomic mass is 9.97. The zero-order valence-corrected chi connectivity index (χ0v) is 20.8. The molecule has 3 fully saturated rings. The maximum absolute atomic E-state index is 13.6. The van der Waals surface area contributed by atoms with Gasteiger partial charge in [0.2, 0.25) is 5.91 Å². The lowest BCUT2D eigenvalue weighted by Crippen LogP contribution is -2.54. The van der Waals surface area contributed by atoms with Crippen molar-refractivity contribution in [1.82, 2.24) is 29.8 Å². The minimum absolute atomic E-state index is 0.00430. The second-order valence-electron chi connectivity index (χ2n) is 10.1. The largest absolute Gasteiger partial charge is 0.497 e. The molecule has 0 aliphatic carbocycles. The van der Waals surface area contributed by atoms with Crippen LogP contribution in [0, 0.1) is 0 Å². The van der Waals surface area contributed by atoms with Crippen molar-refractivity contribution in [1.29, 1.82) is 0 Å². The molecule has 4 heterocycles. The molecule has 9 nitrogen and oxygen atoms in total. The van der Waals surface area contributed by atoms with Crippen molar-refractivity contribution in [3.05, 3.63) is 23.9 Å². The standard InChI is InChI=1S/C25H34F2N6O3/c1-16(34)31-10-7-30(8-11-31)9-12-32-18-3-4-19(32)14-17(13-18)28-24(35)23-21-6-5-20(36-2)15-22(21)33(29-23)25(26)27/h5-6,15,17-19,25H,3-4,7-14H2,1-2H3,(H,28,35). The Hall–Kier alpha value is -2.79. The fraction of sp³-hybridized carbons (Fsp3) is 0.640. The Morgan fingerprint density at radius 2 is 1.81 bits per heavy atom. The van der Waals surface area contributed by atoms with Crippen molar-refractivity contribution >= 4 is 22.7 Å². The molecule has 2 amide bonds. The van der Waals surface area contributed by atoms with Gasteiger partial charge in [-0.25, -0.2) is 4.68 Å². The number of benzene rings is 1. The van der Waals surface area contributed by atoms with Crippen LogP contribution in [-0.4, -0.2) is 101 Å². The molecule has 2 bridgehead atoms. The van der Waals surface area contributed by atoms with Gasteiger partial charge in [0.05, 0.1) is 12.6 Å². The number of nitrogens with one attached hydrogen (secondary N) is 1. The summed E-state index contributed by atoms with van der Waals surface area (Å²) in [6.45, 7) is 4.14. The van der Waals surface area contributed by atoms with Gasteiger partial charge in [0.25, 0.3) is 5.91 Å². The summed E-state index contributed by atoms with van der Waals surface area (Å²) in [5.74, 6) is 0.164. The summed E-state index contributed by atoms with van der Waals surface area (Å²) in [6.07, 6.45) is 3.92. The third-order valence-corrected chi connectivity index (χ3v) is 8.03. The monoisotopic (exact) mass is 504 g/mol. The van der Waals surface area contributed by atoms with Gasteiger partial charge < -0.3 is 15.0 Å². The first kappa shape index (κ1) is 24.9. The van der Waals surface area contributed by atoms with E-state index in [2.05, 4.69) is 20.2 Å². The molecule has 0 saturated carbocycles. The van der Waals surface area contributed by atoms with Crippen LogP contribution in [0.15, 0.2) is 18.2 Å². The summed E-state index contributed by atoms with van der Waals surface area (Å²) in [6, 6.07) is 5.55. The fourth-order valence-corrected chi connectivity index (χ4v) is 6.11. The second kappa shape index (κ2) is 10.3. The minimum atomic E-state index is -2.86. The molecule has 1 aromatic heterocycles. The Morgan fingerprint density at radius 3 is 2.42 bits per heavy atom. The molecule has 0 radical (unpaired) electrons. The number of fused-ring (bicyclic) bond motifs is 3. The molecule has 3 saturated heterocycles. The van der Waals surface area contributed by atoms with Crippen LogP contribution in [0.4, 0.5) is 8.78 Å². The van der Waals surface area contributed by atoms with Crippen molar-refractivity contribution in [2.75, 3.05) is 46.4 Å². The van der Waals surface area contributed by atoms with Crippen LogP contribution in [0.1, 0.15) is 49.6 Å². The number of hydrogen-bond acceptors (Lipinski definition) is 6. The summed E-state index contributed by atoms with van der Waals surface area (Å²) in [5.41, 5.74) is 0.195. The lowest BCUT2D eigenvalue weighted by Gasteiger charge is -2.41. The van der Waals surface area contributed by atoms with E-state index in [0.29, 0.717) is 27.9 Å². The number of halogens is 2. The van der Waals surface area contributed by atoms with Crippen LogP contribution in [0.2, 0.25) is 0 Å². The molecule has 5 rings (SSSR count). The maximum Gasteiger partial charge on any atom is 0.333 e. The van der Waals surface area contributed by atoms with Gasteiger partial charge >= 0.3 is 6.55 Å². The Balaban J connectivity index is 1.19. The van der Waals surface area contributed by atoms with Gasteiger partial charge in [0, 0.05) is 75.8 Å². The van der Waals surface area contributed by atoms with Gasteiger partial charge in [-0.05, 0) is 37.8 Å². The van der Waals surface area contributed by atoms with Crippen LogP contribution in [-0.2, 0) is 4.79 Å². The molecular weight excluding hydrogens is 470 g/mol. The highest BCUT2D eigenvalue weighted by atomic mass is 19.3. The van der Waals surface area contributed by atoms with Gasteiger partial charge in [0.15, 0.2) is 5.69 Å². The van der Waals surface area contributed by atoms with Crippen LogP contribution < -0.4 is 10.1 Å². The van der Waals surface area contributed by atoms with Gasteiger partial charge in [-0.3, -0.25) is 19.4 Å². The molecule has 11 heteroatoms. The summed E-state index contributed by atoms with van der Waals surface area (Å²) >= 11 is 0. The van der Waals surface area contributed by atoms with E-state index in [-0.39, 0.29) is 23.2 Å². The maximum atomic E-state index is 13.6. The number of piperidine rings is 1. The van der Waals surface area contributed by atoms with Gasteiger partial charge in [-0.1, -0.05) is 0 Å². The third kappa shape index (κ3) is 4.90. The predicted octanol–water partition coefficient (Wildman–Crippen LogP) is 2.33. The average molecular weight is 505 g/mol. The Morgan fingerprint density at radius 1 is 1.11 bits per heavy atom. The van der Waals surface area contributed by atoms with E-state index in [0.717, 1.165) is 65.0 Å². The molecule has 2 unspecified atom stereocenters. The summed E-state index contributed by atoms with van der Waals surface area (Å²) < 4.78 is 32.9. The topological polar surface area (TPSA) is 82.9 Å². The van der Waals surface area contributed by atoms with Crippen LogP contribution in [0.25, 0.3) is 10.9 Å². The molecule has 36 heavy (non-hydrogen) atoms. The van der Waals surface area contributed by atoms with E-state index in [1.54, 1.807) is 19.1 Å². The molecule has 2 aromatic rings. The Bertz CT molecular complexity index is 1100. The number of nitrogens with zero attached hydrogens (tertiary/aromatic N) is 5. The number of amides is 2. The predicted molar refractivity (Wildman–Crippen MR) is 130 cm³/mol. The second-order valence-corrected chi connectivity index (χ2v) is 10.1. The lowest BCUT2D eigenvalue weighted by molar-refractivity contribution is -0.130. The molecule has 1 aromatic carbocycles. The molecule has 3 aliphatic rings. The van der Waals surface area contributed by atoms with Gasteiger partial charge in [-0.15, -0.1) is 0 Å². The number of carbonyl (C=O) groups is 2. The highest BCUT2D eigenvalue weighted by Gasteiger charge is 2.41. The van der Waals surface area contributed by atoms with E-state index >= 15 is 0 Å². The van der Waals surface area contributed by atoms with Gasteiger partial charge in [-0.2, -0.15) is 13.9 Å². The number of ether oxygens (including phenoxy) is 1. The van der Waals surface area contributed by atoms with Crippen LogP contribution in [0.3, 0.4) is 0 Å². The first-order valence-electron chi connectivity index (χ1n) is 12.7. The van der Waals surface area contributed by atoms with Crippen molar-refractivity contribution in [3.8, 4) is 5.75 Å². The number of alkyl halides is 2. The van der Waals surface area contributed by atoms with Crippen molar-refractivity contribution in [2.45, 2.75) is 57.3 Å². The number of methoxy groups -OCH3 is 1. The molecule has 0 spiro atoms. The molecule has 2 atom stereocenters. The number of rotatable bonds is 7. The first-order valence-corrected chi connectivity index (χ1v) is 12.7.